The highest BCUT2D eigenvalue weighted by Crippen LogP contribution is 2.21. The molecular formula is C26H30N4O5. The highest BCUT2D eigenvalue weighted by Gasteiger charge is 2.39. The molecule has 0 saturated carbocycles. The van der Waals surface area contributed by atoms with Crippen LogP contribution >= 0.6 is 0 Å². The van der Waals surface area contributed by atoms with Gasteiger partial charge in [0.2, 0.25) is 23.6 Å². The van der Waals surface area contributed by atoms with E-state index in [1.165, 1.54) is 4.90 Å². The van der Waals surface area contributed by atoms with Crippen LogP contribution in [0.15, 0.2) is 54.6 Å². The minimum absolute atomic E-state index is 0.237. The lowest BCUT2D eigenvalue weighted by Crippen LogP contribution is -2.59. The van der Waals surface area contributed by atoms with Crippen LogP contribution in [-0.4, -0.2) is 66.9 Å². The molecule has 0 aliphatic carbocycles. The number of ether oxygens (including phenoxy) is 1. The maximum atomic E-state index is 13.5. The average molecular weight is 479 g/mol. The molecule has 1 unspecified atom stereocenters. The lowest BCUT2D eigenvalue weighted by Gasteiger charge is -2.31. The van der Waals surface area contributed by atoms with E-state index < -0.39 is 29.9 Å². The molecule has 35 heavy (non-hydrogen) atoms. The Morgan fingerprint density at radius 2 is 1.54 bits per heavy atom. The number of methoxy groups -OCH3 is 1. The van der Waals surface area contributed by atoms with Gasteiger partial charge in [-0.3, -0.25) is 19.2 Å². The summed E-state index contributed by atoms with van der Waals surface area (Å²) in [6, 6.07) is 14.2. The lowest BCUT2D eigenvalue weighted by molar-refractivity contribution is -0.142. The molecule has 9 heteroatoms. The summed E-state index contributed by atoms with van der Waals surface area (Å²) in [7, 11) is 1.57. The number of carbonyl (C=O) groups is 4. The van der Waals surface area contributed by atoms with Crippen molar-refractivity contribution < 1.29 is 23.9 Å². The molecule has 0 aromatic heterocycles. The summed E-state index contributed by atoms with van der Waals surface area (Å²) in [5.41, 5.74) is 1.71. The Hall–Kier alpha value is -3.88. The van der Waals surface area contributed by atoms with Crippen LogP contribution in [0.25, 0.3) is 0 Å². The van der Waals surface area contributed by atoms with Crippen LogP contribution in [0.3, 0.4) is 0 Å². The molecule has 2 saturated heterocycles. The van der Waals surface area contributed by atoms with Crippen LogP contribution in [-0.2, 0) is 32.0 Å². The number of hydrogen-bond donors (Lipinski definition) is 3. The minimum atomic E-state index is -0.888. The number of fused-ring (bicyclic) bond motifs is 1. The van der Waals surface area contributed by atoms with Crippen molar-refractivity contribution in [3.05, 3.63) is 65.7 Å². The molecule has 4 amide bonds. The third-order valence-electron chi connectivity index (χ3n) is 6.41. The van der Waals surface area contributed by atoms with E-state index in [-0.39, 0.29) is 24.8 Å². The van der Waals surface area contributed by atoms with Crippen LogP contribution in [0.1, 0.15) is 24.0 Å². The molecule has 184 valence electrons. The Morgan fingerprint density at radius 3 is 2.26 bits per heavy atom. The molecule has 0 spiro atoms. The number of carbonyl (C=O) groups excluding carboxylic acids is 4. The molecule has 9 nitrogen and oxygen atoms in total. The molecule has 2 aliphatic heterocycles. The van der Waals surface area contributed by atoms with Gasteiger partial charge in [-0.25, -0.2) is 0 Å². The molecule has 3 N–H and O–H groups in total. The van der Waals surface area contributed by atoms with Gasteiger partial charge < -0.3 is 25.6 Å². The molecule has 0 radical (unpaired) electrons. The minimum Gasteiger partial charge on any atom is -0.497 e. The normalized spacial score (nSPS) is 23.3. The molecule has 2 fully saturated rings. The number of rotatable bonds is 5. The number of nitrogens with one attached hydrogen (secondary N) is 3. The van der Waals surface area contributed by atoms with E-state index in [0.29, 0.717) is 31.6 Å². The fraction of sp³-hybridized carbons (Fsp3) is 0.385. The first-order chi connectivity index (χ1) is 16.9. The largest absolute Gasteiger partial charge is 0.497 e. The second kappa shape index (κ2) is 11.0. The summed E-state index contributed by atoms with van der Waals surface area (Å²) >= 11 is 0. The van der Waals surface area contributed by atoms with Crippen LogP contribution in [0.5, 0.6) is 5.75 Å². The summed E-state index contributed by atoms with van der Waals surface area (Å²) in [6.07, 6.45) is 1.70. The van der Waals surface area contributed by atoms with Gasteiger partial charge in [-0.15, -0.1) is 0 Å². The monoisotopic (exact) mass is 478 g/mol. The van der Waals surface area contributed by atoms with Crippen molar-refractivity contribution in [1.82, 2.24) is 20.9 Å². The van der Waals surface area contributed by atoms with E-state index in [1.807, 2.05) is 42.5 Å². The molecule has 4 rings (SSSR count). The van der Waals surface area contributed by atoms with Gasteiger partial charge in [-0.2, -0.15) is 0 Å². The van der Waals surface area contributed by atoms with E-state index >= 15 is 0 Å². The highest BCUT2D eigenvalue weighted by atomic mass is 16.5. The van der Waals surface area contributed by atoms with Crippen molar-refractivity contribution in [2.24, 2.45) is 0 Å². The maximum Gasteiger partial charge on any atom is 0.246 e. The number of benzene rings is 2. The second-order valence-electron chi connectivity index (χ2n) is 8.83. The summed E-state index contributed by atoms with van der Waals surface area (Å²) < 4.78 is 5.17. The van der Waals surface area contributed by atoms with Crippen molar-refractivity contribution in [3.63, 3.8) is 0 Å². The van der Waals surface area contributed by atoms with Crippen molar-refractivity contribution in [2.75, 3.05) is 20.2 Å². The Labute approximate surface area is 204 Å². The fourth-order valence-electron chi connectivity index (χ4n) is 4.56. The van der Waals surface area contributed by atoms with Gasteiger partial charge in [0, 0.05) is 19.4 Å². The summed E-state index contributed by atoms with van der Waals surface area (Å²) in [5.74, 6) is -0.894. The summed E-state index contributed by atoms with van der Waals surface area (Å²) in [4.78, 5) is 53.9. The number of nitrogens with zero attached hydrogens (tertiary/aromatic N) is 1. The Bertz CT molecular complexity index is 1070. The van der Waals surface area contributed by atoms with E-state index in [9.17, 15) is 19.2 Å². The predicted molar refractivity (Wildman–Crippen MR) is 128 cm³/mol. The smallest absolute Gasteiger partial charge is 0.246 e. The first kappa shape index (κ1) is 24.3. The van der Waals surface area contributed by atoms with E-state index in [4.69, 9.17) is 4.74 Å². The van der Waals surface area contributed by atoms with Gasteiger partial charge in [0.25, 0.3) is 0 Å². The first-order valence-electron chi connectivity index (χ1n) is 11.8. The maximum absolute atomic E-state index is 13.5. The first-order valence-corrected chi connectivity index (χ1v) is 11.8. The van der Waals surface area contributed by atoms with Crippen molar-refractivity contribution >= 4 is 23.6 Å². The topological polar surface area (TPSA) is 117 Å². The van der Waals surface area contributed by atoms with E-state index in [1.54, 1.807) is 19.2 Å². The van der Waals surface area contributed by atoms with Crippen molar-refractivity contribution in [1.29, 1.82) is 0 Å². The molecule has 2 aromatic rings. The van der Waals surface area contributed by atoms with E-state index in [2.05, 4.69) is 16.0 Å². The van der Waals surface area contributed by atoms with Crippen LogP contribution in [0, 0.1) is 0 Å². The molecule has 3 atom stereocenters. The van der Waals surface area contributed by atoms with Gasteiger partial charge in [0.15, 0.2) is 0 Å². The third-order valence-corrected chi connectivity index (χ3v) is 6.41. The van der Waals surface area contributed by atoms with Gasteiger partial charge in [-0.05, 0) is 36.1 Å². The summed E-state index contributed by atoms with van der Waals surface area (Å²) in [6.45, 7) is 0.128. The lowest BCUT2D eigenvalue weighted by atomic mass is 10.0. The number of hydrogen-bond acceptors (Lipinski definition) is 5. The Kier molecular flexibility index (Phi) is 7.64. The van der Waals surface area contributed by atoms with Crippen LogP contribution in [0.4, 0.5) is 0 Å². The zero-order valence-electron chi connectivity index (χ0n) is 19.7. The molecule has 2 aliphatic rings. The molecule has 2 heterocycles. The Morgan fingerprint density at radius 1 is 0.857 bits per heavy atom. The Balaban J connectivity index is 1.56. The van der Waals surface area contributed by atoms with Crippen LogP contribution in [0.2, 0.25) is 0 Å². The van der Waals surface area contributed by atoms with Gasteiger partial charge >= 0.3 is 0 Å². The SMILES string of the molecule is COc1ccc(C[C@@H]2NC(=O)[C@H]3CCCN3C(=O)C(Cc3ccccc3)NC(=O)CNC2=O)cc1. The second-order valence-corrected chi connectivity index (χ2v) is 8.83. The average Bonchev–Trinajstić information content (AvgIpc) is 3.37. The zero-order chi connectivity index (χ0) is 24.8. The van der Waals surface area contributed by atoms with Gasteiger partial charge in [-0.1, -0.05) is 42.5 Å². The highest BCUT2D eigenvalue weighted by molar-refractivity contribution is 5.97. The van der Waals surface area contributed by atoms with Crippen LogP contribution < -0.4 is 20.7 Å². The standard InChI is InChI=1S/C26H30N4O5/c1-35-19-11-9-18(10-12-19)14-20-24(32)27-16-23(31)28-21(15-17-6-3-2-4-7-17)26(34)30-13-5-8-22(30)25(33)29-20/h2-4,6-7,9-12,20-22H,5,8,13-16H2,1H3,(H,27,32)(H,28,31)(H,29,33)/t20-,21?,22+/m0/s1. The molecule has 0 bridgehead atoms. The van der Waals surface area contributed by atoms with E-state index in [0.717, 1.165) is 11.1 Å². The quantitative estimate of drug-likeness (QED) is 0.581. The summed E-state index contributed by atoms with van der Waals surface area (Å²) in [5, 5.41) is 8.20. The fourth-order valence-corrected chi connectivity index (χ4v) is 4.56. The molecular weight excluding hydrogens is 448 g/mol. The zero-order valence-corrected chi connectivity index (χ0v) is 19.7. The molecule has 2 aromatic carbocycles. The predicted octanol–water partition coefficient (Wildman–Crippen LogP) is 0.571. The number of amides is 4. The third kappa shape index (κ3) is 5.98. The van der Waals surface area contributed by atoms with Crippen molar-refractivity contribution in [3.8, 4) is 5.75 Å². The van der Waals surface area contributed by atoms with Gasteiger partial charge in [0.05, 0.1) is 13.7 Å². The van der Waals surface area contributed by atoms with Crippen molar-refractivity contribution in [2.45, 2.75) is 43.8 Å². The van der Waals surface area contributed by atoms with Gasteiger partial charge in [0.1, 0.15) is 23.9 Å².